The summed E-state index contributed by atoms with van der Waals surface area (Å²) in [5.74, 6) is 0.778. The summed E-state index contributed by atoms with van der Waals surface area (Å²) in [6.45, 7) is 5.96. The fourth-order valence-corrected chi connectivity index (χ4v) is 4.16. The van der Waals surface area contributed by atoms with Crippen LogP contribution in [0.4, 0.5) is 0 Å². The molecule has 1 aliphatic carbocycles. The van der Waals surface area contributed by atoms with Crippen molar-refractivity contribution in [3.05, 3.63) is 28.3 Å². The Hall–Kier alpha value is -1.06. The van der Waals surface area contributed by atoms with E-state index in [1.165, 1.54) is 5.56 Å². The molecule has 0 amide bonds. The predicted octanol–water partition coefficient (Wildman–Crippen LogP) is 4.29. The molecule has 0 radical (unpaired) electrons. The van der Waals surface area contributed by atoms with Crippen LogP contribution in [-0.2, 0) is 11.2 Å². The van der Waals surface area contributed by atoms with E-state index in [1.807, 2.05) is 12.3 Å². The highest BCUT2D eigenvalue weighted by Crippen LogP contribution is 2.53. The molecule has 22 heavy (non-hydrogen) atoms. The maximum Gasteiger partial charge on any atom is 0.138 e. The minimum absolute atomic E-state index is 0.109. The topological polar surface area (TPSA) is 30.8 Å². The zero-order valence-electron chi connectivity index (χ0n) is 13.6. The molecule has 0 N–H and O–H groups in total. The summed E-state index contributed by atoms with van der Waals surface area (Å²) in [4.78, 5) is 4.82. The third-order valence-electron chi connectivity index (χ3n) is 4.56. The van der Waals surface area contributed by atoms with Gasteiger partial charge in [-0.15, -0.1) is 0 Å². The lowest BCUT2D eigenvalue weighted by Crippen LogP contribution is -2.50. The first-order chi connectivity index (χ1) is 10.4. The second-order valence-electron chi connectivity index (χ2n) is 7.35. The fraction of sp³-hybridized carbons (Fsp3) is 0.611. The molecule has 3 nitrogen and oxygen atoms in total. The second kappa shape index (κ2) is 5.86. The third-order valence-corrected chi connectivity index (χ3v) is 4.85. The number of ether oxygens (including phenoxy) is 2. The number of nitrogens with zero attached hydrogens (tertiary/aromatic N) is 1. The van der Waals surface area contributed by atoms with E-state index in [1.54, 1.807) is 7.11 Å². The van der Waals surface area contributed by atoms with Crippen molar-refractivity contribution in [1.29, 1.82) is 0 Å². The third kappa shape index (κ3) is 3.16. The molecular formula is C18H24ClNO2. The number of methoxy groups -OCH3 is 1. The molecule has 1 aliphatic heterocycles. The van der Waals surface area contributed by atoms with Gasteiger partial charge in [0.25, 0.3) is 0 Å². The first kappa shape index (κ1) is 15.8. The number of benzene rings is 1. The minimum Gasteiger partial charge on any atom is -0.492 e. The van der Waals surface area contributed by atoms with Crippen molar-refractivity contribution in [3.63, 3.8) is 0 Å². The van der Waals surface area contributed by atoms with E-state index in [2.05, 4.69) is 19.9 Å². The van der Waals surface area contributed by atoms with E-state index in [4.69, 9.17) is 26.1 Å². The Morgan fingerprint density at radius 3 is 2.68 bits per heavy atom. The number of aliphatic imine (C=N–C) groups is 1. The van der Waals surface area contributed by atoms with Crippen LogP contribution in [0.15, 0.2) is 17.1 Å². The highest BCUT2D eigenvalue weighted by Gasteiger charge is 2.49. The van der Waals surface area contributed by atoms with E-state index in [0.717, 1.165) is 37.0 Å². The molecule has 120 valence electrons. The lowest BCUT2D eigenvalue weighted by atomic mass is 9.57. The summed E-state index contributed by atoms with van der Waals surface area (Å²) in [5.41, 5.74) is 2.96. The maximum atomic E-state index is 6.32. The van der Waals surface area contributed by atoms with Crippen molar-refractivity contribution >= 4 is 17.8 Å². The van der Waals surface area contributed by atoms with Crippen LogP contribution >= 0.6 is 11.6 Å². The van der Waals surface area contributed by atoms with Crippen LogP contribution in [-0.4, -0.2) is 32.1 Å². The minimum atomic E-state index is 0.109. The number of rotatable bonds is 5. The van der Waals surface area contributed by atoms with Crippen LogP contribution in [0.2, 0.25) is 5.02 Å². The largest absolute Gasteiger partial charge is 0.492 e. The average molecular weight is 322 g/mol. The number of hydrogen-bond acceptors (Lipinski definition) is 3. The van der Waals surface area contributed by atoms with E-state index in [0.29, 0.717) is 23.7 Å². The van der Waals surface area contributed by atoms with Gasteiger partial charge in [0, 0.05) is 26.4 Å². The van der Waals surface area contributed by atoms with Crippen molar-refractivity contribution in [2.75, 3.05) is 20.3 Å². The van der Waals surface area contributed by atoms with Gasteiger partial charge in [0.05, 0.1) is 17.2 Å². The Morgan fingerprint density at radius 1 is 1.23 bits per heavy atom. The van der Waals surface area contributed by atoms with Gasteiger partial charge < -0.3 is 9.47 Å². The summed E-state index contributed by atoms with van der Waals surface area (Å²) in [5, 5.41) is 0.660. The predicted molar refractivity (Wildman–Crippen MR) is 90.5 cm³/mol. The number of halogens is 1. The standard InChI is InChI=1S/C18H24ClNO2/c1-17(2)11-18(12-17)9-13-8-16(22-6-4-5-21-3)15(19)7-14(13)10-20-18/h7-8,10H,4-6,9,11-12H2,1-3H3. The van der Waals surface area contributed by atoms with Gasteiger partial charge in [-0.2, -0.15) is 0 Å². The van der Waals surface area contributed by atoms with Gasteiger partial charge in [0.2, 0.25) is 0 Å². The number of fused-ring (bicyclic) bond motifs is 1. The van der Waals surface area contributed by atoms with Crippen molar-refractivity contribution < 1.29 is 9.47 Å². The highest BCUT2D eigenvalue weighted by molar-refractivity contribution is 6.32. The van der Waals surface area contributed by atoms with Crippen LogP contribution in [0.3, 0.4) is 0 Å². The van der Waals surface area contributed by atoms with Crippen LogP contribution in [0, 0.1) is 5.41 Å². The van der Waals surface area contributed by atoms with Crippen LogP contribution in [0.5, 0.6) is 5.75 Å². The zero-order chi connectivity index (χ0) is 15.8. The summed E-state index contributed by atoms with van der Waals surface area (Å²) < 4.78 is 10.8. The summed E-state index contributed by atoms with van der Waals surface area (Å²) in [7, 11) is 1.70. The number of hydrogen-bond donors (Lipinski definition) is 0. The molecule has 1 fully saturated rings. The quantitative estimate of drug-likeness (QED) is 0.757. The Morgan fingerprint density at radius 2 is 2.00 bits per heavy atom. The molecule has 3 rings (SSSR count). The van der Waals surface area contributed by atoms with Crippen LogP contribution in [0.1, 0.15) is 44.2 Å². The van der Waals surface area contributed by atoms with Gasteiger partial charge in [0.1, 0.15) is 5.75 Å². The monoisotopic (exact) mass is 321 g/mol. The summed E-state index contributed by atoms with van der Waals surface area (Å²) >= 11 is 6.32. The van der Waals surface area contributed by atoms with Crippen LogP contribution in [0.25, 0.3) is 0 Å². The fourth-order valence-electron chi connectivity index (χ4n) is 3.93. The van der Waals surface area contributed by atoms with Gasteiger partial charge in [-0.25, -0.2) is 0 Å². The van der Waals surface area contributed by atoms with E-state index in [9.17, 15) is 0 Å². The zero-order valence-corrected chi connectivity index (χ0v) is 14.4. The molecule has 1 aromatic rings. The second-order valence-corrected chi connectivity index (χ2v) is 7.76. The first-order valence-electron chi connectivity index (χ1n) is 7.93. The van der Waals surface area contributed by atoms with Gasteiger partial charge in [0.15, 0.2) is 0 Å². The van der Waals surface area contributed by atoms with Crippen molar-refractivity contribution in [3.8, 4) is 5.75 Å². The van der Waals surface area contributed by atoms with Gasteiger partial charge in [-0.1, -0.05) is 25.4 Å². The molecule has 1 heterocycles. The highest BCUT2D eigenvalue weighted by atomic mass is 35.5. The normalized spacial score (nSPS) is 20.5. The van der Waals surface area contributed by atoms with Crippen LogP contribution < -0.4 is 4.74 Å². The van der Waals surface area contributed by atoms with E-state index < -0.39 is 0 Å². The lowest BCUT2D eigenvalue weighted by molar-refractivity contribution is 0.0653. The van der Waals surface area contributed by atoms with Gasteiger partial charge in [-0.05, 0) is 47.9 Å². The van der Waals surface area contributed by atoms with Gasteiger partial charge >= 0.3 is 0 Å². The molecule has 1 spiro atoms. The van der Waals surface area contributed by atoms with E-state index in [-0.39, 0.29) is 5.54 Å². The van der Waals surface area contributed by atoms with Crippen molar-refractivity contribution in [2.24, 2.45) is 10.4 Å². The summed E-state index contributed by atoms with van der Waals surface area (Å²) in [6.07, 6.45) is 6.16. The average Bonchev–Trinajstić information content (AvgIpc) is 2.42. The smallest absolute Gasteiger partial charge is 0.138 e. The molecule has 2 aliphatic rings. The molecule has 0 atom stereocenters. The van der Waals surface area contributed by atoms with E-state index >= 15 is 0 Å². The lowest BCUT2D eigenvalue weighted by Gasteiger charge is -2.52. The molecule has 1 saturated carbocycles. The summed E-state index contributed by atoms with van der Waals surface area (Å²) in [6, 6.07) is 4.07. The molecule has 1 aromatic carbocycles. The molecule has 0 saturated heterocycles. The SMILES string of the molecule is COCCCOc1cc2c(cc1Cl)C=NC1(C2)CC(C)(C)C1. The maximum absolute atomic E-state index is 6.32. The Balaban J connectivity index is 1.73. The first-order valence-corrected chi connectivity index (χ1v) is 8.30. The van der Waals surface area contributed by atoms with Gasteiger partial charge in [-0.3, -0.25) is 4.99 Å². The van der Waals surface area contributed by atoms with Crippen molar-refractivity contribution in [1.82, 2.24) is 0 Å². The molecule has 4 heteroatoms. The Labute approximate surface area is 137 Å². The van der Waals surface area contributed by atoms with Crippen molar-refractivity contribution in [2.45, 2.75) is 45.1 Å². The molecule has 0 bridgehead atoms. The molecule has 0 aromatic heterocycles. The molecule has 0 unspecified atom stereocenters. The Kier molecular flexibility index (Phi) is 4.21. The Bertz CT molecular complexity index is 587. The molecular weight excluding hydrogens is 298 g/mol.